The number of nitrogens with one attached hydrogen (secondary N) is 1. The molecule has 0 aliphatic heterocycles. The number of benzene rings is 1. The van der Waals surface area contributed by atoms with Crippen molar-refractivity contribution in [3.63, 3.8) is 0 Å². The van der Waals surface area contributed by atoms with E-state index in [-0.39, 0.29) is 6.04 Å². The fraction of sp³-hybridized carbons (Fsp3) is 0.357. The van der Waals surface area contributed by atoms with Crippen LogP contribution in [0.25, 0.3) is 0 Å². The Balaban J connectivity index is 2.50. The predicted molar refractivity (Wildman–Crippen MR) is 84.5 cm³/mol. The van der Waals surface area contributed by atoms with E-state index in [1.54, 1.807) is 13.3 Å². The average Bonchev–Trinajstić information content (AvgIpc) is 2.83. The smallest absolute Gasteiger partial charge is 0.161 e. The SMILES string of the molecule is CCn1ncc(OC)c1C(NC)c1cccc(I)c1. The number of ether oxygens (including phenoxy) is 1. The molecular formula is C14H18IN3O. The van der Waals surface area contributed by atoms with Crippen molar-refractivity contribution in [2.24, 2.45) is 0 Å². The minimum Gasteiger partial charge on any atom is -0.493 e. The maximum atomic E-state index is 5.44. The van der Waals surface area contributed by atoms with E-state index < -0.39 is 0 Å². The van der Waals surface area contributed by atoms with Crippen LogP contribution in [-0.4, -0.2) is 23.9 Å². The molecule has 1 unspecified atom stereocenters. The molecule has 102 valence electrons. The van der Waals surface area contributed by atoms with Crippen LogP contribution in [0.2, 0.25) is 0 Å². The van der Waals surface area contributed by atoms with Gasteiger partial charge in [-0.2, -0.15) is 5.10 Å². The summed E-state index contributed by atoms with van der Waals surface area (Å²) in [6, 6.07) is 8.53. The molecule has 0 radical (unpaired) electrons. The van der Waals surface area contributed by atoms with E-state index in [0.717, 1.165) is 18.0 Å². The summed E-state index contributed by atoms with van der Waals surface area (Å²) >= 11 is 2.33. The first-order chi connectivity index (χ1) is 9.21. The van der Waals surface area contributed by atoms with Crippen LogP contribution < -0.4 is 10.1 Å². The number of nitrogens with zero attached hydrogens (tertiary/aromatic N) is 2. The molecule has 0 saturated carbocycles. The van der Waals surface area contributed by atoms with Gasteiger partial charge in [0.2, 0.25) is 0 Å². The number of hydrogen-bond donors (Lipinski definition) is 1. The molecule has 0 spiro atoms. The Bertz CT molecular complexity index is 532. The number of rotatable bonds is 5. The minimum atomic E-state index is 0.0760. The van der Waals surface area contributed by atoms with Crippen LogP contribution in [0.5, 0.6) is 5.75 Å². The van der Waals surface area contributed by atoms with Crippen LogP contribution in [-0.2, 0) is 6.54 Å². The number of aryl methyl sites for hydroxylation is 1. The van der Waals surface area contributed by atoms with Crippen LogP contribution in [0.15, 0.2) is 30.5 Å². The lowest BCUT2D eigenvalue weighted by Crippen LogP contribution is -2.22. The summed E-state index contributed by atoms with van der Waals surface area (Å²) in [6.45, 7) is 2.90. The molecule has 1 atom stereocenters. The molecule has 19 heavy (non-hydrogen) atoms. The third-order valence-corrected chi connectivity index (χ3v) is 3.78. The van der Waals surface area contributed by atoms with E-state index >= 15 is 0 Å². The van der Waals surface area contributed by atoms with E-state index in [4.69, 9.17) is 4.74 Å². The minimum absolute atomic E-state index is 0.0760. The second-order valence-electron chi connectivity index (χ2n) is 4.19. The molecule has 2 rings (SSSR count). The summed E-state index contributed by atoms with van der Waals surface area (Å²) in [5.74, 6) is 0.820. The summed E-state index contributed by atoms with van der Waals surface area (Å²) in [5.41, 5.74) is 2.28. The van der Waals surface area contributed by atoms with Crippen LogP contribution in [0.3, 0.4) is 0 Å². The molecule has 1 heterocycles. The van der Waals surface area contributed by atoms with Gasteiger partial charge in [-0.1, -0.05) is 12.1 Å². The van der Waals surface area contributed by atoms with Crippen molar-refractivity contribution in [3.8, 4) is 5.75 Å². The molecule has 2 aromatic rings. The van der Waals surface area contributed by atoms with Crippen molar-refractivity contribution in [2.75, 3.05) is 14.2 Å². The van der Waals surface area contributed by atoms with Crippen LogP contribution in [0, 0.1) is 3.57 Å². The maximum absolute atomic E-state index is 5.44. The molecule has 0 bridgehead atoms. The number of hydrogen-bond acceptors (Lipinski definition) is 3. The Hall–Kier alpha value is -1.08. The maximum Gasteiger partial charge on any atom is 0.161 e. The Morgan fingerprint density at radius 1 is 1.47 bits per heavy atom. The first-order valence-electron chi connectivity index (χ1n) is 6.23. The third kappa shape index (κ3) is 2.92. The van der Waals surface area contributed by atoms with Gasteiger partial charge >= 0.3 is 0 Å². The zero-order chi connectivity index (χ0) is 13.8. The lowest BCUT2D eigenvalue weighted by molar-refractivity contribution is 0.401. The van der Waals surface area contributed by atoms with Crippen molar-refractivity contribution < 1.29 is 4.74 Å². The van der Waals surface area contributed by atoms with Crippen LogP contribution >= 0.6 is 22.6 Å². The van der Waals surface area contributed by atoms with Gasteiger partial charge in [0, 0.05) is 10.1 Å². The zero-order valence-corrected chi connectivity index (χ0v) is 13.5. The molecule has 0 amide bonds. The Labute approximate surface area is 127 Å². The van der Waals surface area contributed by atoms with Crippen molar-refractivity contribution >= 4 is 22.6 Å². The molecule has 1 N–H and O–H groups in total. The zero-order valence-electron chi connectivity index (χ0n) is 11.4. The van der Waals surface area contributed by atoms with Gasteiger partial charge in [-0.25, -0.2) is 0 Å². The van der Waals surface area contributed by atoms with Gasteiger partial charge in [0.15, 0.2) is 5.75 Å². The Morgan fingerprint density at radius 3 is 2.84 bits per heavy atom. The average molecular weight is 371 g/mol. The molecule has 5 heteroatoms. The van der Waals surface area contributed by atoms with Crippen molar-refractivity contribution in [3.05, 3.63) is 45.3 Å². The summed E-state index contributed by atoms with van der Waals surface area (Å²) < 4.78 is 8.63. The molecule has 0 aliphatic carbocycles. The quantitative estimate of drug-likeness (QED) is 0.822. The Kier molecular flexibility index (Phi) is 4.81. The van der Waals surface area contributed by atoms with E-state index in [1.807, 2.05) is 11.7 Å². The highest BCUT2D eigenvalue weighted by Gasteiger charge is 2.21. The lowest BCUT2D eigenvalue weighted by atomic mass is 10.0. The summed E-state index contributed by atoms with van der Waals surface area (Å²) in [4.78, 5) is 0. The first kappa shape index (κ1) is 14.3. The Morgan fingerprint density at radius 2 is 2.26 bits per heavy atom. The van der Waals surface area contributed by atoms with E-state index in [9.17, 15) is 0 Å². The van der Waals surface area contributed by atoms with Gasteiger partial charge in [0.05, 0.1) is 19.3 Å². The van der Waals surface area contributed by atoms with Crippen molar-refractivity contribution in [1.29, 1.82) is 0 Å². The van der Waals surface area contributed by atoms with Gasteiger partial charge in [0.1, 0.15) is 5.69 Å². The van der Waals surface area contributed by atoms with Gasteiger partial charge in [-0.15, -0.1) is 0 Å². The van der Waals surface area contributed by atoms with E-state index in [0.29, 0.717) is 0 Å². The van der Waals surface area contributed by atoms with E-state index in [2.05, 4.69) is 64.2 Å². The summed E-state index contributed by atoms with van der Waals surface area (Å²) in [6.07, 6.45) is 1.77. The second kappa shape index (κ2) is 6.38. The topological polar surface area (TPSA) is 39.1 Å². The number of methoxy groups -OCH3 is 1. The van der Waals surface area contributed by atoms with Gasteiger partial charge in [0.25, 0.3) is 0 Å². The van der Waals surface area contributed by atoms with Crippen molar-refractivity contribution in [2.45, 2.75) is 19.5 Å². The monoisotopic (exact) mass is 371 g/mol. The number of halogens is 1. The van der Waals surface area contributed by atoms with E-state index in [1.165, 1.54) is 9.13 Å². The largest absolute Gasteiger partial charge is 0.493 e. The molecule has 0 fully saturated rings. The molecular weight excluding hydrogens is 353 g/mol. The molecule has 1 aromatic heterocycles. The highest BCUT2D eigenvalue weighted by Crippen LogP contribution is 2.30. The second-order valence-corrected chi connectivity index (χ2v) is 5.44. The molecule has 0 aliphatic rings. The fourth-order valence-corrected chi connectivity index (χ4v) is 2.79. The first-order valence-corrected chi connectivity index (χ1v) is 7.31. The molecule has 1 aromatic carbocycles. The molecule has 0 saturated heterocycles. The van der Waals surface area contributed by atoms with Crippen molar-refractivity contribution in [1.82, 2.24) is 15.1 Å². The summed E-state index contributed by atoms with van der Waals surface area (Å²) in [7, 11) is 3.64. The summed E-state index contributed by atoms with van der Waals surface area (Å²) in [5, 5.41) is 7.73. The third-order valence-electron chi connectivity index (χ3n) is 3.11. The van der Waals surface area contributed by atoms with Gasteiger partial charge in [-0.3, -0.25) is 4.68 Å². The fourth-order valence-electron chi connectivity index (χ4n) is 2.23. The lowest BCUT2D eigenvalue weighted by Gasteiger charge is -2.19. The van der Waals surface area contributed by atoms with Crippen LogP contribution in [0.1, 0.15) is 24.2 Å². The highest BCUT2D eigenvalue weighted by atomic mass is 127. The normalized spacial score (nSPS) is 12.4. The molecule has 4 nitrogen and oxygen atoms in total. The van der Waals surface area contributed by atoms with Gasteiger partial charge < -0.3 is 10.1 Å². The van der Waals surface area contributed by atoms with Crippen LogP contribution in [0.4, 0.5) is 0 Å². The standard InChI is InChI=1S/C14H18IN3O/c1-4-18-14(12(19-3)9-17-18)13(16-2)10-6-5-7-11(15)8-10/h5-9,13,16H,4H2,1-3H3. The number of aromatic nitrogens is 2. The highest BCUT2D eigenvalue weighted by molar-refractivity contribution is 14.1. The predicted octanol–water partition coefficient (Wildman–Crippen LogP) is 2.83. The van der Waals surface area contributed by atoms with Gasteiger partial charge in [-0.05, 0) is 54.3 Å².